The normalized spacial score (nSPS) is 12.6. The number of hydrogen-bond donors (Lipinski definition) is 1. The lowest BCUT2D eigenvalue weighted by molar-refractivity contribution is -0.140. The number of para-hydroxylation sites is 1. The maximum absolute atomic E-state index is 11.1. The van der Waals surface area contributed by atoms with E-state index in [0.717, 1.165) is 29.2 Å². The van der Waals surface area contributed by atoms with Crippen LogP contribution in [0.15, 0.2) is 24.4 Å². The Bertz CT molecular complexity index is 613. The number of fused-ring (bicyclic) bond motifs is 1. The second-order valence-corrected chi connectivity index (χ2v) is 4.29. The lowest BCUT2D eigenvalue weighted by Crippen LogP contribution is -2.15. The Morgan fingerprint density at radius 3 is 2.78 bits per heavy atom. The molecule has 1 heterocycles. The fourth-order valence-electron chi connectivity index (χ4n) is 2.22. The van der Waals surface area contributed by atoms with Crippen LogP contribution in [0.4, 0.5) is 0 Å². The molecule has 0 aliphatic rings. The summed E-state index contributed by atoms with van der Waals surface area (Å²) in [6.07, 6.45) is 3.19. The molecule has 2 rings (SSSR count). The fraction of sp³-hybridized carbons (Fsp3) is 0.286. The van der Waals surface area contributed by atoms with Gasteiger partial charge in [-0.3, -0.25) is 4.79 Å². The molecule has 0 aliphatic carbocycles. The van der Waals surface area contributed by atoms with E-state index in [4.69, 9.17) is 5.11 Å². The molecule has 1 atom stereocenters. The number of carboxylic acids is 1. The average molecular weight is 245 g/mol. The summed E-state index contributed by atoms with van der Waals surface area (Å²) in [6, 6.07) is 5.02. The number of rotatable bonds is 4. The molecular weight excluding hydrogens is 230 g/mol. The van der Waals surface area contributed by atoms with Crippen LogP contribution in [0.25, 0.3) is 10.9 Å². The summed E-state index contributed by atoms with van der Waals surface area (Å²) in [5.41, 5.74) is 2.43. The third kappa shape index (κ3) is 1.79. The number of aromatic nitrogens is 1. The Hall–Kier alpha value is -2.10. The van der Waals surface area contributed by atoms with Gasteiger partial charge in [0.1, 0.15) is 6.04 Å². The smallest absolute Gasteiger partial charge is 0.326 e. The highest BCUT2D eigenvalue weighted by atomic mass is 16.4. The standard InChI is InChI=1S/C14H15NO3/c1-3-10-5-4-6-12-11(8-16)7-15(13(10)12)9(2)14(17)18/h4-9H,3H2,1-2H3,(H,17,18)/t9-/m1/s1. The van der Waals surface area contributed by atoms with Crippen molar-refractivity contribution >= 4 is 23.2 Å². The summed E-state index contributed by atoms with van der Waals surface area (Å²) >= 11 is 0. The number of carbonyl (C=O) groups is 2. The number of aliphatic carboxylic acids is 1. The fourth-order valence-corrected chi connectivity index (χ4v) is 2.22. The van der Waals surface area contributed by atoms with Gasteiger partial charge >= 0.3 is 5.97 Å². The number of carboxylic acid groups (broad SMARTS) is 1. The minimum atomic E-state index is -0.907. The Balaban J connectivity index is 2.80. The van der Waals surface area contributed by atoms with E-state index in [9.17, 15) is 9.59 Å². The van der Waals surface area contributed by atoms with Gasteiger partial charge in [-0.15, -0.1) is 0 Å². The molecule has 0 unspecified atom stereocenters. The van der Waals surface area contributed by atoms with Gasteiger partial charge in [-0.25, -0.2) is 4.79 Å². The number of aryl methyl sites for hydroxylation is 1. The van der Waals surface area contributed by atoms with Crippen molar-refractivity contribution in [3.63, 3.8) is 0 Å². The van der Waals surface area contributed by atoms with Crippen LogP contribution in [0.3, 0.4) is 0 Å². The number of aldehydes is 1. The zero-order valence-corrected chi connectivity index (χ0v) is 10.4. The van der Waals surface area contributed by atoms with E-state index in [1.807, 2.05) is 25.1 Å². The molecule has 4 heteroatoms. The number of hydrogen-bond acceptors (Lipinski definition) is 2. The Morgan fingerprint density at radius 1 is 1.50 bits per heavy atom. The van der Waals surface area contributed by atoms with E-state index in [1.54, 1.807) is 17.7 Å². The molecule has 4 nitrogen and oxygen atoms in total. The topological polar surface area (TPSA) is 59.3 Å². The largest absolute Gasteiger partial charge is 0.480 e. The molecule has 0 saturated carbocycles. The van der Waals surface area contributed by atoms with Crippen molar-refractivity contribution in [2.45, 2.75) is 26.3 Å². The predicted octanol–water partition coefficient (Wildman–Crippen LogP) is 2.66. The van der Waals surface area contributed by atoms with Crippen LogP contribution in [0.2, 0.25) is 0 Å². The first-order chi connectivity index (χ1) is 8.60. The molecular formula is C14H15NO3. The van der Waals surface area contributed by atoms with Gasteiger partial charge in [0.25, 0.3) is 0 Å². The van der Waals surface area contributed by atoms with E-state index in [2.05, 4.69) is 0 Å². The summed E-state index contributed by atoms with van der Waals surface area (Å²) < 4.78 is 1.67. The van der Waals surface area contributed by atoms with Gasteiger partial charge in [-0.2, -0.15) is 0 Å². The van der Waals surface area contributed by atoms with Crippen molar-refractivity contribution in [2.75, 3.05) is 0 Å². The first-order valence-electron chi connectivity index (χ1n) is 5.90. The number of carbonyl (C=O) groups excluding carboxylic acids is 1. The van der Waals surface area contributed by atoms with Crippen LogP contribution in [0.1, 0.15) is 35.8 Å². The van der Waals surface area contributed by atoms with Crippen LogP contribution in [-0.2, 0) is 11.2 Å². The monoisotopic (exact) mass is 245 g/mol. The van der Waals surface area contributed by atoms with Crippen molar-refractivity contribution in [3.8, 4) is 0 Å². The zero-order chi connectivity index (χ0) is 13.3. The number of nitrogens with zero attached hydrogens (tertiary/aromatic N) is 1. The van der Waals surface area contributed by atoms with E-state index >= 15 is 0 Å². The van der Waals surface area contributed by atoms with Crippen molar-refractivity contribution in [2.24, 2.45) is 0 Å². The SMILES string of the molecule is CCc1cccc2c(C=O)cn([C@H](C)C(=O)O)c12. The summed E-state index contributed by atoms with van der Waals surface area (Å²) in [4.78, 5) is 22.2. The molecule has 0 saturated heterocycles. The van der Waals surface area contributed by atoms with Gasteiger partial charge < -0.3 is 9.67 Å². The first-order valence-corrected chi connectivity index (χ1v) is 5.90. The number of benzene rings is 1. The van der Waals surface area contributed by atoms with Gasteiger partial charge in [0.15, 0.2) is 6.29 Å². The molecule has 0 radical (unpaired) electrons. The van der Waals surface area contributed by atoms with Crippen molar-refractivity contribution in [1.29, 1.82) is 0 Å². The Kier molecular flexibility index (Phi) is 3.19. The van der Waals surface area contributed by atoms with Gasteiger partial charge in [-0.05, 0) is 18.9 Å². The van der Waals surface area contributed by atoms with Crippen LogP contribution in [0, 0.1) is 0 Å². The zero-order valence-electron chi connectivity index (χ0n) is 10.4. The van der Waals surface area contributed by atoms with E-state index < -0.39 is 12.0 Å². The summed E-state index contributed by atoms with van der Waals surface area (Å²) in [5.74, 6) is -0.907. The minimum absolute atomic E-state index is 0.536. The van der Waals surface area contributed by atoms with E-state index in [-0.39, 0.29) is 0 Å². The summed E-state index contributed by atoms with van der Waals surface area (Å²) in [5, 5.41) is 9.95. The molecule has 0 aliphatic heterocycles. The van der Waals surface area contributed by atoms with Gasteiger partial charge in [-0.1, -0.05) is 25.1 Å². The molecule has 1 aromatic carbocycles. The molecule has 0 bridgehead atoms. The molecule has 1 N–H and O–H groups in total. The highest BCUT2D eigenvalue weighted by Crippen LogP contribution is 2.27. The predicted molar refractivity (Wildman–Crippen MR) is 69.1 cm³/mol. The van der Waals surface area contributed by atoms with E-state index in [0.29, 0.717) is 5.56 Å². The maximum atomic E-state index is 11.1. The summed E-state index contributed by atoms with van der Waals surface area (Å²) in [6.45, 7) is 3.63. The molecule has 94 valence electrons. The van der Waals surface area contributed by atoms with Crippen LogP contribution >= 0.6 is 0 Å². The first kappa shape index (κ1) is 12.4. The van der Waals surface area contributed by atoms with Crippen LogP contribution < -0.4 is 0 Å². The molecule has 2 aromatic rings. The molecule has 18 heavy (non-hydrogen) atoms. The lowest BCUT2D eigenvalue weighted by atomic mass is 10.1. The van der Waals surface area contributed by atoms with Crippen molar-refractivity contribution < 1.29 is 14.7 Å². The van der Waals surface area contributed by atoms with Gasteiger partial charge in [0.2, 0.25) is 0 Å². The highest BCUT2D eigenvalue weighted by molar-refractivity contribution is 5.99. The average Bonchev–Trinajstić information content (AvgIpc) is 2.76. The molecule has 0 amide bonds. The quantitative estimate of drug-likeness (QED) is 0.842. The van der Waals surface area contributed by atoms with E-state index in [1.165, 1.54) is 0 Å². The van der Waals surface area contributed by atoms with Crippen LogP contribution in [-0.4, -0.2) is 21.9 Å². The van der Waals surface area contributed by atoms with Crippen molar-refractivity contribution in [1.82, 2.24) is 4.57 Å². The Morgan fingerprint density at radius 2 is 2.22 bits per heavy atom. The summed E-state index contributed by atoms with van der Waals surface area (Å²) in [7, 11) is 0. The third-order valence-corrected chi connectivity index (χ3v) is 3.25. The lowest BCUT2D eigenvalue weighted by Gasteiger charge is -2.12. The highest BCUT2D eigenvalue weighted by Gasteiger charge is 2.19. The second kappa shape index (κ2) is 4.64. The molecule has 0 fully saturated rings. The minimum Gasteiger partial charge on any atom is -0.480 e. The van der Waals surface area contributed by atoms with Gasteiger partial charge in [0.05, 0.1) is 5.52 Å². The second-order valence-electron chi connectivity index (χ2n) is 4.29. The third-order valence-electron chi connectivity index (χ3n) is 3.25. The molecule has 1 aromatic heterocycles. The van der Waals surface area contributed by atoms with Gasteiger partial charge in [0, 0.05) is 17.1 Å². The maximum Gasteiger partial charge on any atom is 0.326 e. The van der Waals surface area contributed by atoms with Crippen LogP contribution in [0.5, 0.6) is 0 Å². The van der Waals surface area contributed by atoms with Crippen molar-refractivity contribution in [3.05, 3.63) is 35.5 Å². The molecule has 0 spiro atoms. The Labute approximate surface area is 105 Å².